The fraction of sp³-hybridized carbons (Fsp3) is 0.200. The molecule has 1 amide bonds. The SMILES string of the molecule is CCOc1c(Br)cc(C(=O)Nc2c[nH]ccc2=O)cc1OC. The van der Waals surface area contributed by atoms with Crippen molar-refractivity contribution in [1.29, 1.82) is 0 Å². The van der Waals surface area contributed by atoms with Gasteiger partial charge in [-0.1, -0.05) is 0 Å². The Morgan fingerprint density at radius 3 is 2.82 bits per heavy atom. The van der Waals surface area contributed by atoms with Crippen LogP contribution in [0.2, 0.25) is 0 Å². The fourth-order valence-corrected chi connectivity index (χ4v) is 2.40. The quantitative estimate of drug-likeness (QED) is 0.852. The second-order valence-electron chi connectivity index (χ2n) is 4.30. The van der Waals surface area contributed by atoms with E-state index in [1.165, 1.54) is 25.6 Å². The second kappa shape index (κ2) is 7.13. The first kappa shape index (κ1) is 16.1. The van der Waals surface area contributed by atoms with E-state index in [0.29, 0.717) is 28.1 Å². The third kappa shape index (κ3) is 3.48. The van der Waals surface area contributed by atoms with Gasteiger partial charge in [0.15, 0.2) is 11.5 Å². The van der Waals surface area contributed by atoms with E-state index in [1.54, 1.807) is 12.1 Å². The first-order chi connectivity index (χ1) is 10.6. The number of H-pyrrole nitrogens is 1. The van der Waals surface area contributed by atoms with Crippen LogP contribution in [0.15, 0.2) is 39.9 Å². The zero-order valence-electron chi connectivity index (χ0n) is 12.1. The molecule has 0 saturated heterocycles. The van der Waals surface area contributed by atoms with Gasteiger partial charge in [-0.25, -0.2) is 0 Å². The molecule has 0 fully saturated rings. The van der Waals surface area contributed by atoms with E-state index in [9.17, 15) is 9.59 Å². The van der Waals surface area contributed by atoms with Crippen LogP contribution < -0.4 is 20.2 Å². The minimum absolute atomic E-state index is 0.177. The predicted octanol–water partition coefficient (Wildman–Crippen LogP) is 2.80. The summed E-state index contributed by atoms with van der Waals surface area (Å²) in [5.41, 5.74) is 0.246. The lowest BCUT2D eigenvalue weighted by Gasteiger charge is -2.13. The summed E-state index contributed by atoms with van der Waals surface area (Å²) in [6, 6.07) is 4.51. The molecule has 22 heavy (non-hydrogen) atoms. The molecule has 2 aromatic rings. The number of methoxy groups -OCH3 is 1. The number of benzene rings is 1. The molecule has 0 spiro atoms. The van der Waals surface area contributed by atoms with Crippen LogP contribution >= 0.6 is 15.9 Å². The Bertz CT molecular complexity index is 743. The van der Waals surface area contributed by atoms with Gasteiger partial charge in [-0.3, -0.25) is 9.59 Å². The van der Waals surface area contributed by atoms with E-state index in [4.69, 9.17) is 9.47 Å². The largest absolute Gasteiger partial charge is 0.493 e. The Hall–Kier alpha value is -2.28. The third-order valence-electron chi connectivity index (χ3n) is 2.85. The Balaban J connectivity index is 2.32. The molecule has 0 aliphatic heterocycles. The van der Waals surface area contributed by atoms with Gasteiger partial charge in [-0.2, -0.15) is 0 Å². The summed E-state index contributed by atoms with van der Waals surface area (Å²) in [7, 11) is 1.49. The zero-order valence-corrected chi connectivity index (χ0v) is 13.7. The highest BCUT2D eigenvalue weighted by molar-refractivity contribution is 9.10. The molecule has 116 valence electrons. The number of amides is 1. The molecule has 1 aromatic heterocycles. The van der Waals surface area contributed by atoms with Gasteiger partial charge in [0.25, 0.3) is 5.91 Å². The summed E-state index contributed by atoms with van der Waals surface area (Å²) in [6.45, 7) is 2.33. The van der Waals surface area contributed by atoms with E-state index in [1.807, 2.05) is 6.92 Å². The molecule has 2 N–H and O–H groups in total. The number of carbonyl (C=O) groups is 1. The highest BCUT2D eigenvalue weighted by Crippen LogP contribution is 2.36. The Labute approximate surface area is 135 Å². The van der Waals surface area contributed by atoms with Crippen LogP contribution in [-0.4, -0.2) is 24.6 Å². The number of halogens is 1. The number of anilines is 1. The molecule has 0 unspecified atom stereocenters. The number of pyridine rings is 1. The molecule has 0 atom stereocenters. The first-order valence-electron chi connectivity index (χ1n) is 6.55. The second-order valence-corrected chi connectivity index (χ2v) is 5.15. The Morgan fingerprint density at radius 1 is 1.41 bits per heavy atom. The van der Waals surface area contributed by atoms with Crippen LogP contribution in [0.1, 0.15) is 17.3 Å². The number of ether oxygens (including phenoxy) is 2. The maximum Gasteiger partial charge on any atom is 0.255 e. The van der Waals surface area contributed by atoms with Crippen LogP contribution in [0, 0.1) is 0 Å². The van der Waals surface area contributed by atoms with Gasteiger partial charge in [0.05, 0.1) is 18.2 Å². The number of hydrogen-bond donors (Lipinski definition) is 2. The zero-order chi connectivity index (χ0) is 16.1. The van der Waals surface area contributed by atoms with Crippen LogP contribution in [0.5, 0.6) is 11.5 Å². The molecule has 1 aromatic carbocycles. The predicted molar refractivity (Wildman–Crippen MR) is 86.9 cm³/mol. The molecule has 1 heterocycles. The maximum absolute atomic E-state index is 12.3. The molecule has 0 bridgehead atoms. The lowest BCUT2D eigenvalue weighted by molar-refractivity contribution is 0.102. The summed E-state index contributed by atoms with van der Waals surface area (Å²) in [5, 5.41) is 2.56. The van der Waals surface area contributed by atoms with Gasteiger partial charge in [0, 0.05) is 24.0 Å². The third-order valence-corrected chi connectivity index (χ3v) is 3.44. The van der Waals surface area contributed by atoms with Crippen molar-refractivity contribution in [2.45, 2.75) is 6.92 Å². The average Bonchev–Trinajstić information content (AvgIpc) is 2.51. The number of nitrogens with one attached hydrogen (secondary N) is 2. The lowest BCUT2D eigenvalue weighted by Crippen LogP contribution is -2.18. The number of aromatic amines is 1. The minimum Gasteiger partial charge on any atom is -0.493 e. The molecular weight excluding hydrogens is 352 g/mol. The van der Waals surface area contributed by atoms with E-state index in [0.717, 1.165) is 0 Å². The Morgan fingerprint density at radius 2 is 2.18 bits per heavy atom. The molecule has 2 rings (SSSR count). The number of carbonyl (C=O) groups excluding carboxylic acids is 1. The molecule has 0 saturated carbocycles. The lowest BCUT2D eigenvalue weighted by atomic mass is 10.2. The van der Waals surface area contributed by atoms with Crippen molar-refractivity contribution in [3.05, 3.63) is 50.9 Å². The fourth-order valence-electron chi connectivity index (χ4n) is 1.84. The molecular formula is C15H15BrN2O4. The highest BCUT2D eigenvalue weighted by Gasteiger charge is 2.16. The summed E-state index contributed by atoms with van der Waals surface area (Å²) < 4.78 is 11.3. The van der Waals surface area contributed by atoms with Gasteiger partial charge < -0.3 is 19.8 Å². The van der Waals surface area contributed by atoms with Crippen molar-refractivity contribution >= 4 is 27.5 Å². The van der Waals surface area contributed by atoms with E-state index >= 15 is 0 Å². The van der Waals surface area contributed by atoms with Crippen molar-refractivity contribution < 1.29 is 14.3 Å². The number of rotatable bonds is 5. The molecule has 0 radical (unpaired) electrons. The standard InChI is InChI=1S/C15H15BrN2O4/c1-3-22-14-10(16)6-9(7-13(14)21-2)15(20)18-11-8-17-5-4-12(11)19/h4-8H,3H2,1-2H3,(H,17,19)(H,18,20). The number of aromatic nitrogens is 1. The molecule has 6 nitrogen and oxygen atoms in total. The van der Waals surface area contributed by atoms with E-state index in [-0.39, 0.29) is 11.1 Å². The average molecular weight is 367 g/mol. The topological polar surface area (TPSA) is 80.4 Å². The normalized spacial score (nSPS) is 10.1. The summed E-state index contributed by atoms with van der Waals surface area (Å²) in [5.74, 6) is 0.543. The summed E-state index contributed by atoms with van der Waals surface area (Å²) >= 11 is 3.36. The molecule has 0 aliphatic rings. The monoisotopic (exact) mass is 366 g/mol. The smallest absolute Gasteiger partial charge is 0.255 e. The highest BCUT2D eigenvalue weighted by atomic mass is 79.9. The van der Waals surface area contributed by atoms with Crippen molar-refractivity contribution in [3.8, 4) is 11.5 Å². The van der Waals surface area contributed by atoms with Gasteiger partial charge in [0.1, 0.15) is 5.69 Å². The Kier molecular flexibility index (Phi) is 5.21. The van der Waals surface area contributed by atoms with Crippen molar-refractivity contribution in [3.63, 3.8) is 0 Å². The van der Waals surface area contributed by atoms with E-state index in [2.05, 4.69) is 26.2 Å². The minimum atomic E-state index is -0.418. The van der Waals surface area contributed by atoms with Gasteiger partial charge in [0.2, 0.25) is 5.43 Å². The van der Waals surface area contributed by atoms with Crippen LogP contribution in [-0.2, 0) is 0 Å². The van der Waals surface area contributed by atoms with Crippen LogP contribution in [0.4, 0.5) is 5.69 Å². The van der Waals surface area contributed by atoms with Crippen molar-refractivity contribution in [2.24, 2.45) is 0 Å². The maximum atomic E-state index is 12.3. The summed E-state index contributed by atoms with van der Waals surface area (Å²) in [6.07, 6.45) is 2.93. The molecule has 0 aliphatic carbocycles. The molecule has 7 heteroatoms. The van der Waals surface area contributed by atoms with Crippen molar-refractivity contribution in [2.75, 3.05) is 19.0 Å². The number of hydrogen-bond acceptors (Lipinski definition) is 4. The van der Waals surface area contributed by atoms with Crippen LogP contribution in [0.3, 0.4) is 0 Å². The van der Waals surface area contributed by atoms with Gasteiger partial charge in [-0.15, -0.1) is 0 Å². The van der Waals surface area contributed by atoms with Crippen LogP contribution in [0.25, 0.3) is 0 Å². The van der Waals surface area contributed by atoms with E-state index < -0.39 is 5.91 Å². The summed E-state index contributed by atoms with van der Waals surface area (Å²) in [4.78, 5) is 26.7. The van der Waals surface area contributed by atoms with Crippen molar-refractivity contribution in [1.82, 2.24) is 4.98 Å². The first-order valence-corrected chi connectivity index (χ1v) is 7.35. The van der Waals surface area contributed by atoms with Gasteiger partial charge in [-0.05, 0) is 35.0 Å². The van der Waals surface area contributed by atoms with Gasteiger partial charge >= 0.3 is 0 Å².